The van der Waals surface area contributed by atoms with Crippen LogP contribution in [-0.4, -0.2) is 29.8 Å². The summed E-state index contributed by atoms with van der Waals surface area (Å²) in [6.07, 6.45) is 1.92. The number of carbonyl (C=O) groups is 1. The van der Waals surface area contributed by atoms with Crippen LogP contribution in [0.1, 0.15) is 31.4 Å². The summed E-state index contributed by atoms with van der Waals surface area (Å²) in [7, 11) is 0. The Hall–Kier alpha value is -1.39. The van der Waals surface area contributed by atoms with Crippen LogP contribution in [0.3, 0.4) is 0 Å². The number of carboxylic acids is 1. The zero-order valence-electron chi connectivity index (χ0n) is 10.5. The van der Waals surface area contributed by atoms with E-state index in [9.17, 15) is 9.90 Å². The molecule has 1 aromatic carbocycles. The van der Waals surface area contributed by atoms with Crippen molar-refractivity contribution < 1.29 is 14.6 Å². The highest BCUT2D eigenvalue weighted by Crippen LogP contribution is 2.19. The van der Waals surface area contributed by atoms with Crippen LogP contribution in [0.25, 0.3) is 0 Å². The molecular formula is C14H19NO3. The van der Waals surface area contributed by atoms with Crippen molar-refractivity contribution in [2.24, 2.45) is 0 Å². The van der Waals surface area contributed by atoms with Gasteiger partial charge in [-0.25, -0.2) is 0 Å². The zero-order chi connectivity index (χ0) is 13.0. The van der Waals surface area contributed by atoms with Crippen molar-refractivity contribution in [3.63, 3.8) is 0 Å². The number of hydrogen-bond acceptors (Lipinski definition) is 3. The van der Waals surface area contributed by atoms with E-state index in [0.717, 1.165) is 18.4 Å². The lowest BCUT2D eigenvalue weighted by atomic mass is 10.0. The second-order valence-electron chi connectivity index (χ2n) is 4.75. The molecule has 0 spiro atoms. The van der Waals surface area contributed by atoms with Crippen molar-refractivity contribution in [3.8, 4) is 0 Å². The standard InChI is InChI=1S/C14H19NO3/c1-10-9-12(7-8-18-10)15-13(14(16)17)11-5-3-2-4-6-11/h2-6,10,12-13,15H,7-9H2,1H3,(H,16,17). The maximum absolute atomic E-state index is 11.4. The molecule has 18 heavy (non-hydrogen) atoms. The molecule has 1 aromatic rings. The molecule has 2 rings (SSSR count). The molecule has 0 saturated carbocycles. The molecule has 1 heterocycles. The monoisotopic (exact) mass is 249 g/mol. The van der Waals surface area contributed by atoms with Crippen LogP contribution in [0, 0.1) is 0 Å². The minimum atomic E-state index is -0.833. The SMILES string of the molecule is CC1CC(NC(C(=O)O)c2ccccc2)CCO1. The van der Waals surface area contributed by atoms with E-state index in [2.05, 4.69) is 5.32 Å². The molecule has 98 valence electrons. The lowest BCUT2D eigenvalue weighted by Gasteiger charge is -2.30. The van der Waals surface area contributed by atoms with Gasteiger partial charge in [-0.3, -0.25) is 10.1 Å². The minimum Gasteiger partial charge on any atom is -0.480 e. The Labute approximate surface area is 107 Å². The topological polar surface area (TPSA) is 58.6 Å². The minimum absolute atomic E-state index is 0.196. The Kier molecular flexibility index (Phi) is 4.33. The average Bonchev–Trinajstić information content (AvgIpc) is 2.37. The number of carboxylic acid groups (broad SMARTS) is 1. The van der Waals surface area contributed by atoms with Gasteiger partial charge in [0, 0.05) is 12.6 Å². The molecule has 1 saturated heterocycles. The molecular weight excluding hydrogens is 230 g/mol. The molecule has 1 fully saturated rings. The Morgan fingerprint density at radius 1 is 1.44 bits per heavy atom. The fraction of sp³-hybridized carbons (Fsp3) is 0.500. The number of hydrogen-bond donors (Lipinski definition) is 2. The Morgan fingerprint density at radius 2 is 2.17 bits per heavy atom. The van der Waals surface area contributed by atoms with Gasteiger partial charge in [-0.1, -0.05) is 30.3 Å². The third-order valence-corrected chi connectivity index (χ3v) is 3.27. The van der Waals surface area contributed by atoms with Crippen LogP contribution >= 0.6 is 0 Å². The first-order chi connectivity index (χ1) is 8.66. The van der Waals surface area contributed by atoms with E-state index in [1.807, 2.05) is 37.3 Å². The summed E-state index contributed by atoms with van der Waals surface area (Å²) in [6.45, 7) is 2.71. The molecule has 1 aliphatic heterocycles. The van der Waals surface area contributed by atoms with E-state index in [-0.39, 0.29) is 12.1 Å². The van der Waals surface area contributed by atoms with Gasteiger partial charge in [-0.15, -0.1) is 0 Å². The summed E-state index contributed by atoms with van der Waals surface area (Å²) in [5.74, 6) is -0.833. The molecule has 4 heteroatoms. The van der Waals surface area contributed by atoms with Crippen molar-refractivity contribution in [1.29, 1.82) is 0 Å². The molecule has 3 unspecified atom stereocenters. The normalized spacial score (nSPS) is 25.6. The highest BCUT2D eigenvalue weighted by Gasteiger charge is 2.26. The number of aliphatic carboxylic acids is 1. The van der Waals surface area contributed by atoms with Crippen molar-refractivity contribution in [2.45, 2.75) is 38.0 Å². The highest BCUT2D eigenvalue weighted by molar-refractivity contribution is 5.75. The van der Waals surface area contributed by atoms with Gasteiger partial charge in [0.2, 0.25) is 0 Å². The average molecular weight is 249 g/mol. The van der Waals surface area contributed by atoms with Gasteiger partial charge in [-0.2, -0.15) is 0 Å². The molecule has 4 nitrogen and oxygen atoms in total. The van der Waals surface area contributed by atoms with Crippen LogP contribution < -0.4 is 5.32 Å². The lowest BCUT2D eigenvalue weighted by Crippen LogP contribution is -2.42. The fourth-order valence-corrected chi connectivity index (χ4v) is 2.34. The van der Waals surface area contributed by atoms with Gasteiger partial charge in [0.25, 0.3) is 0 Å². The third-order valence-electron chi connectivity index (χ3n) is 3.27. The summed E-state index contributed by atoms with van der Waals surface area (Å²) < 4.78 is 5.47. The molecule has 0 aliphatic carbocycles. The molecule has 3 atom stereocenters. The molecule has 0 bridgehead atoms. The zero-order valence-corrected chi connectivity index (χ0v) is 10.5. The van der Waals surface area contributed by atoms with Crippen molar-refractivity contribution in [1.82, 2.24) is 5.32 Å². The van der Waals surface area contributed by atoms with Gasteiger partial charge >= 0.3 is 5.97 Å². The first-order valence-corrected chi connectivity index (χ1v) is 6.32. The fourth-order valence-electron chi connectivity index (χ4n) is 2.34. The smallest absolute Gasteiger partial charge is 0.325 e. The van der Waals surface area contributed by atoms with Crippen molar-refractivity contribution in [3.05, 3.63) is 35.9 Å². The Morgan fingerprint density at radius 3 is 2.78 bits per heavy atom. The van der Waals surface area contributed by atoms with Crippen molar-refractivity contribution >= 4 is 5.97 Å². The second kappa shape index (κ2) is 5.98. The number of benzene rings is 1. The summed E-state index contributed by atoms with van der Waals surface area (Å²) in [6, 6.07) is 8.86. The lowest BCUT2D eigenvalue weighted by molar-refractivity contribution is -0.140. The summed E-state index contributed by atoms with van der Waals surface area (Å²) in [4.78, 5) is 11.4. The van der Waals surface area contributed by atoms with Gasteiger partial charge in [-0.05, 0) is 25.3 Å². The van der Waals surface area contributed by atoms with Gasteiger partial charge < -0.3 is 9.84 Å². The number of nitrogens with one attached hydrogen (secondary N) is 1. The first-order valence-electron chi connectivity index (χ1n) is 6.32. The van der Waals surface area contributed by atoms with Gasteiger partial charge in [0.15, 0.2) is 0 Å². The number of ether oxygens (including phenoxy) is 1. The Balaban J connectivity index is 2.05. The maximum atomic E-state index is 11.4. The van der Waals surface area contributed by atoms with E-state index in [1.54, 1.807) is 0 Å². The van der Waals surface area contributed by atoms with E-state index >= 15 is 0 Å². The van der Waals surface area contributed by atoms with Gasteiger partial charge in [0.05, 0.1) is 6.10 Å². The van der Waals surface area contributed by atoms with E-state index in [0.29, 0.717) is 6.61 Å². The molecule has 0 radical (unpaired) electrons. The predicted molar refractivity (Wildman–Crippen MR) is 68.4 cm³/mol. The molecule has 2 N–H and O–H groups in total. The molecule has 1 aliphatic rings. The Bertz CT molecular complexity index is 393. The predicted octanol–water partition coefficient (Wildman–Crippen LogP) is 1.97. The number of rotatable bonds is 4. The summed E-state index contributed by atoms with van der Waals surface area (Å²) in [5.41, 5.74) is 0.796. The van der Waals surface area contributed by atoms with Gasteiger partial charge in [0.1, 0.15) is 6.04 Å². The van der Waals surface area contributed by atoms with Crippen LogP contribution in [0.5, 0.6) is 0 Å². The van der Waals surface area contributed by atoms with Crippen LogP contribution in [0.15, 0.2) is 30.3 Å². The quantitative estimate of drug-likeness (QED) is 0.856. The van der Waals surface area contributed by atoms with Crippen LogP contribution in [-0.2, 0) is 9.53 Å². The second-order valence-corrected chi connectivity index (χ2v) is 4.75. The summed E-state index contributed by atoms with van der Waals surface area (Å²) >= 11 is 0. The van der Waals surface area contributed by atoms with E-state index in [4.69, 9.17) is 4.74 Å². The third kappa shape index (κ3) is 3.31. The maximum Gasteiger partial charge on any atom is 0.325 e. The molecule has 0 amide bonds. The van der Waals surface area contributed by atoms with Crippen molar-refractivity contribution in [2.75, 3.05) is 6.61 Å². The first kappa shape index (κ1) is 13.1. The van der Waals surface area contributed by atoms with E-state index in [1.165, 1.54) is 0 Å². The largest absolute Gasteiger partial charge is 0.480 e. The highest BCUT2D eigenvalue weighted by atomic mass is 16.5. The summed E-state index contributed by atoms with van der Waals surface area (Å²) in [5, 5.41) is 12.6. The van der Waals surface area contributed by atoms with Crippen LogP contribution in [0.4, 0.5) is 0 Å². The van der Waals surface area contributed by atoms with Crippen LogP contribution in [0.2, 0.25) is 0 Å². The van der Waals surface area contributed by atoms with E-state index < -0.39 is 12.0 Å². The molecule has 0 aromatic heterocycles.